The first-order valence-electron chi connectivity index (χ1n) is 10.5. The Morgan fingerprint density at radius 3 is 2.61 bits per heavy atom. The van der Waals surface area contributed by atoms with E-state index in [1.807, 2.05) is 13.8 Å². The van der Waals surface area contributed by atoms with Crippen molar-refractivity contribution in [2.45, 2.75) is 38.9 Å². The smallest absolute Gasteiger partial charge is 0.265 e. The molecule has 1 aliphatic rings. The van der Waals surface area contributed by atoms with Crippen molar-refractivity contribution in [3.8, 4) is 5.88 Å². The van der Waals surface area contributed by atoms with Gasteiger partial charge in [-0.25, -0.2) is 9.37 Å². The van der Waals surface area contributed by atoms with Crippen molar-refractivity contribution in [1.29, 1.82) is 0 Å². The van der Waals surface area contributed by atoms with Gasteiger partial charge in [-0.3, -0.25) is 14.2 Å². The molecule has 1 N–H and O–H groups in total. The van der Waals surface area contributed by atoms with Gasteiger partial charge in [-0.05, 0) is 44.0 Å². The number of pyridine rings is 1. The molecule has 0 aliphatic carbocycles. The number of amides is 1. The van der Waals surface area contributed by atoms with Crippen molar-refractivity contribution in [3.05, 3.63) is 58.5 Å². The molecule has 0 unspecified atom stereocenters. The second kappa shape index (κ2) is 10.8. The van der Waals surface area contributed by atoms with Gasteiger partial charge in [0.25, 0.3) is 16.0 Å². The number of aromatic nitrogens is 1. The molecule has 2 atom stereocenters. The molecule has 8 nitrogen and oxygen atoms in total. The number of aryl methyl sites for hydroxylation is 1. The van der Waals surface area contributed by atoms with E-state index in [1.165, 1.54) is 24.4 Å². The van der Waals surface area contributed by atoms with E-state index in [4.69, 9.17) is 20.9 Å². The first-order chi connectivity index (χ1) is 15.5. The summed E-state index contributed by atoms with van der Waals surface area (Å²) in [5.41, 5.74) is 1.39. The molecular weight excluding hydrogens is 473 g/mol. The van der Waals surface area contributed by atoms with Crippen molar-refractivity contribution in [2.24, 2.45) is 0 Å². The fourth-order valence-electron chi connectivity index (χ4n) is 3.82. The topological polar surface area (TPSA) is 100 Å². The fourth-order valence-corrected chi connectivity index (χ4v) is 4.48. The van der Waals surface area contributed by atoms with Crippen LogP contribution in [-0.2, 0) is 27.9 Å². The summed E-state index contributed by atoms with van der Waals surface area (Å²) in [5, 5.41) is 0.290. The number of halogens is 2. The van der Waals surface area contributed by atoms with Crippen molar-refractivity contribution < 1.29 is 26.9 Å². The van der Waals surface area contributed by atoms with E-state index in [9.17, 15) is 17.6 Å². The normalized spacial score (nSPS) is 19.5. The number of nitrogens with zero attached hydrogens (tertiary/aromatic N) is 3. The summed E-state index contributed by atoms with van der Waals surface area (Å²) in [5.74, 6) is -0.892. The maximum atomic E-state index is 13.2. The van der Waals surface area contributed by atoms with E-state index in [1.54, 1.807) is 17.0 Å². The SMILES string of the molecule is C[C@@H]1CN(Cc2ccc(F)cc2)[C@@H](C)CN1C(=O)COc1ncc(Cl)cc1CCS(=O)(=O)O. The Kier molecular flexibility index (Phi) is 8.28. The Morgan fingerprint density at radius 1 is 1.24 bits per heavy atom. The van der Waals surface area contributed by atoms with E-state index in [0.717, 1.165) is 5.56 Å². The highest BCUT2D eigenvalue weighted by Gasteiger charge is 2.32. The minimum atomic E-state index is -4.17. The van der Waals surface area contributed by atoms with Crippen LogP contribution in [-0.4, -0.2) is 71.2 Å². The first kappa shape index (κ1) is 25.4. The lowest BCUT2D eigenvalue weighted by molar-refractivity contribution is -0.139. The number of carbonyl (C=O) groups is 1. The zero-order chi connectivity index (χ0) is 24.2. The number of ether oxygens (including phenoxy) is 1. The maximum Gasteiger partial charge on any atom is 0.265 e. The Bertz CT molecular complexity index is 1080. The summed E-state index contributed by atoms with van der Waals surface area (Å²) < 4.78 is 49.9. The monoisotopic (exact) mass is 499 g/mol. The Morgan fingerprint density at radius 2 is 1.94 bits per heavy atom. The first-order valence-corrected chi connectivity index (χ1v) is 12.5. The average molecular weight is 500 g/mol. The lowest BCUT2D eigenvalue weighted by atomic mass is 10.1. The zero-order valence-corrected chi connectivity index (χ0v) is 20.0. The van der Waals surface area contributed by atoms with Crippen LogP contribution in [0.25, 0.3) is 0 Å². The summed E-state index contributed by atoms with van der Waals surface area (Å²) in [4.78, 5) is 20.9. The van der Waals surface area contributed by atoms with E-state index in [0.29, 0.717) is 30.2 Å². The lowest BCUT2D eigenvalue weighted by Crippen LogP contribution is -2.58. The molecule has 3 rings (SSSR count). The molecule has 1 aromatic heterocycles. The van der Waals surface area contributed by atoms with Crippen LogP contribution in [0, 0.1) is 5.82 Å². The van der Waals surface area contributed by atoms with E-state index >= 15 is 0 Å². The van der Waals surface area contributed by atoms with Crippen LogP contribution in [0.4, 0.5) is 4.39 Å². The summed E-state index contributed by atoms with van der Waals surface area (Å²) in [6.45, 7) is 5.56. The van der Waals surface area contributed by atoms with Crippen molar-refractivity contribution in [1.82, 2.24) is 14.8 Å². The number of hydrogen-bond acceptors (Lipinski definition) is 6. The minimum Gasteiger partial charge on any atom is -0.467 e. The Labute approximate surface area is 198 Å². The molecule has 0 bridgehead atoms. The number of carbonyl (C=O) groups excluding carboxylic acids is 1. The molecule has 33 heavy (non-hydrogen) atoms. The van der Waals surface area contributed by atoms with Gasteiger partial charge < -0.3 is 9.64 Å². The number of rotatable bonds is 8. The van der Waals surface area contributed by atoms with Gasteiger partial charge in [0.1, 0.15) is 5.82 Å². The molecule has 0 saturated carbocycles. The molecule has 1 fully saturated rings. The standard InChI is InChI=1S/C22H27ClFN3O5S/c1-15-12-27(16(2)11-26(15)13-17-3-5-20(24)6-4-17)21(28)14-32-22-18(7-8-33(29,30)31)9-19(23)10-25-22/h3-6,9-10,15-16H,7-8,11-14H2,1-2H3,(H,29,30,31)/t15-,16+/m0/s1. The van der Waals surface area contributed by atoms with Crippen LogP contribution >= 0.6 is 11.6 Å². The summed E-state index contributed by atoms with van der Waals surface area (Å²) in [7, 11) is -4.17. The van der Waals surface area contributed by atoms with Crippen LogP contribution in [0.15, 0.2) is 36.5 Å². The molecular formula is C22H27ClFN3O5S. The molecule has 2 aromatic rings. The van der Waals surface area contributed by atoms with Gasteiger partial charge in [0.2, 0.25) is 5.88 Å². The quantitative estimate of drug-likeness (QED) is 0.557. The van der Waals surface area contributed by atoms with E-state index in [2.05, 4.69) is 9.88 Å². The van der Waals surface area contributed by atoms with Crippen LogP contribution in [0.3, 0.4) is 0 Å². The highest BCUT2D eigenvalue weighted by atomic mass is 35.5. The zero-order valence-electron chi connectivity index (χ0n) is 18.4. The predicted molar refractivity (Wildman–Crippen MR) is 122 cm³/mol. The average Bonchev–Trinajstić information content (AvgIpc) is 2.74. The molecule has 1 amide bonds. The maximum absolute atomic E-state index is 13.2. The summed E-state index contributed by atoms with van der Waals surface area (Å²) in [6, 6.07) is 7.93. The van der Waals surface area contributed by atoms with Crippen molar-refractivity contribution in [3.63, 3.8) is 0 Å². The highest BCUT2D eigenvalue weighted by molar-refractivity contribution is 7.85. The largest absolute Gasteiger partial charge is 0.467 e. The van der Waals surface area contributed by atoms with Gasteiger partial charge >= 0.3 is 0 Å². The van der Waals surface area contributed by atoms with Gasteiger partial charge in [-0.1, -0.05) is 23.7 Å². The molecule has 0 radical (unpaired) electrons. The molecule has 1 saturated heterocycles. The fraction of sp³-hybridized carbons (Fsp3) is 0.455. The second-order valence-corrected chi connectivity index (χ2v) is 10.3. The molecule has 180 valence electrons. The van der Waals surface area contributed by atoms with Gasteiger partial charge in [0, 0.05) is 43.5 Å². The Balaban J connectivity index is 1.59. The van der Waals surface area contributed by atoms with E-state index < -0.39 is 15.9 Å². The molecule has 1 aromatic carbocycles. The van der Waals surface area contributed by atoms with Gasteiger partial charge in [0.05, 0.1) is 10.8 Å². The highest BCUT2D eigenvalue weighted by Crippen LogP contribution is 2.22. The Hall–Kier alpha value is -2.27. The number of hydrogen-bond donors (Lipinski definition) is 1. The van der Waals surface area contributed by atoms with Crippen molar-refractivity contribution in [2.75, 3.05) is 25.4 Å². The molecule has 2 heterocycles. The van der Waals surface area contributed by atoms with Gasteiger partial charge in [-0.15, -0.1) is 0 Å². The third kappa shape index (κ3) is 7.36. The third-order valence-corrected chi connectivity index (χ3v) is 6.51. The summed E-state index contributed by atoms with van der Waals surface area (Å²) in [6.07, 6.45) is 1.29. The molecule has 1 aliphatic heterocycles. The van der Waals surface area contributed by atoms with Crippen LogP contribution in [0.1, 0.15) is 25.0 Å². The van der Waals surface area contributed by atoms with E-state index in [-0.39, 0.29) is 42.7 Å². The van der Waals surface area contributed by atoms with Gasteiger partial charge in [0.15, 0.2) is 6.61 Å². The molecule has 0 spiro atoms. The number of benzene rings is 1. The van der Waals surface area contributed by atoms with Gasteiger partial charge in [-0.2, -0.15) is 8.42 Å². The van der Waals surface area contributed by atoms with Crippen LogP contribution in [0.2, 0.25) is 5.02 Å². The van der Waals surface area contributed by atoms with Crippen LogP contribution in [0.5, 0.6) is 5.88 Å². The second-order valence-electron chi connectivity index (χ2n) is 8.24. The predicted octanol–water partition coefficient (Wildman–Crippen LogP) is 2.80. The van der Waals surface area contributed by atoms with Crippen molar-refractivity contribution >= 4 is 27.6 Å². The summed E-state index contributed by atoms with van der Waals surface area (Å²) >= 11 is 5.94. The third-order valence-electron chi connectivity index (χ3n) is 5.59. The minimum absolute atomic E-state index is 0.0502. The lowest BCUT2D eigenvalue weighted by Gasteiger charge is -2.44. The number of piperazine rings is 1. The van der Waals surface area contributed by atoms with Crippen LogP contribution < -0.4 is 4.74 Å². The molecule has 11 heteroatoms.